The maximum Gasteiger partial charge on any atom is 0.186 e. The van der Waals surface area contributed by atoms with Gasteiger partial charge in [-0.05, 0) is 56.5 Å². The molecule has 1 unspecified atom stereocenters. The molecular formula is C26H36N2O4. The Labute approximate surface area is 191 Å². The highest BCUT2D eigenvalue weighted by Gasteiger charge is 2.26. The Bertz CT molecular complexity index is 979. The summed E-state index contributed by atoms with van der Waals surface area (Å²) in [7, 11) is 3.36. The average Bonchev–Trinajstić information content (AvgIpc) is 2.82. The van der Waals surface area contributed by atoms with Crippen molar-refractivity contribution in [1.82, 2.24) is 9.47 Å². The first kappa shape index (κ1) is 22.9. The van der Waals surface area contributed by atoms with Crippen LogP contribution in [0.4, 0.5) is 0 Å². The number of hydrogen-bond acceptors (Lipinski definition) is 5. The van der Waals surface area contributed by atoms with Gasteiger partial charge < -0.3 is 18.8 Å². The van der Waals surface area contributed by atoms with Crippen molar-refractivity contribution in [2.24, 2.45) is 0 Å². The minimum absolute atomic E-state index is 0.128. The van der Waals surface area contributed by atoms with Crippen LogP contribution in [0.3, 0.4) is 0 Å². The van der Waals surface area contributed by atoms with Crippen LogP contribution in [0, 0.1) is 0 Å². The predicted molar refractivity (Wildman–Crippen MR) is 127 cm³/mol. The standard InChI is InChI=1S/C26H36N2O4/c1-4-21-13-19-14-26(32-12-8-11-30-2)25(31-3)15-22(19)23-16-24(29)20(18-28(21)23)17-27-9-6-5-7-10-27/h14-16,18,21H,4-13,17H2,1-3H3. The Morgan fingerprint density at radius 1 is 1.03 bits per heavy atom. The third kappa shape index (κ3) is 4.86. The molecule has 0 aliphatic carbocycles. The van der Waals surface area contributed by atoms with Gasteiger partial charge in [0.05, 0.1) is 19.4 Å². The van der Waals surface area contributed by atoms with Gasteiger partial charge in [-0.2, -0.15) is 0 Å². The molecule has 1 fully saturated rings. The zero-order chi connectivity index (χ0) is 22.5. The van der Waals surface area contributed by atoms with E-state index in [0.717, 1.165) is 61.5 Å². The summed E-state index contributed by atoms with van der Waals surface area (Å²) >= 11 is 0. The molecule has 1 aromatic heterocycles. The fraction of sp³-hybridized carbons (Fsp3) is 0.577. The summed E-state index contributed by atoms with van der Waals surface area (Å²) in [6, 6.07) is 6.29. The number of benzene rings is 1. The van der Waals surface area contributed by atoms with E-state index in [1.165, 1.54) is 24.8 Å². The Morgan fingerprint density at radius 2 is 1.84 bits per heavy atom. The van der Waals surface area contributed by atoms with E-state index < -0.39 is 0 Å². The molecule has 32 heavy (non-hydrogen) atoms. The van der Waals surface area contributed by atoms with Gasteiger partial charge in [0, 0.05) is 56.1 Å². The SMILES string of the molecule is CCC1Cc2cc(OCCCOC)c(OC)cc2-c2cc(=O)c(CN3CCCCC3)cn21. The average molecular weight is 441 g/mol. The molecule has 0 saturated carbocycles. The molecule has 0 spiro atoms. The summed E-state index contributed by atoms with van der Waals surface area (Å²) in [4.78, 5) is 15.5. The zero-order valence-corrected chi connectivity index (χ0v) is 19.7. The number of hydrogen-bond donors (Lipinski definition) is 0. The summed E-state index contributed by atoms with van der Waals surface area (Å²) < 4.78 is 19.1. The first-order valence-electron chi connectivity index (χ1n) is 11.9. The summed E-state index contributed by atoms with van der Waals surface area (Å²) in [5.74, 6) is 1.46. The van der Waals surface area contributed by atoms with Crippen LogP contribution < -0.4 is 14.9 Å². The topological polar surface area (TPSA) is 52.9 Å². The van der Waals surface area contributed by atoms with E-state index in [4.69, 9.17) is 14.2 Å². The molecule has 0 bridgehead atoms. The van der Waals surface area contributed by atoms with Gasteiger partial charge >= 0.3 is 0 Å². The normalized spacial score (nSPS) is 18.2. The predicted octanol–water partition coefficient (Wildman–Crippen LogP) is 4.43. The highest BCUT2D eigenvalue weighted by molar-refractivity contribution is 5.70. The highest BCUT2D eigenvalue weighted by Crippen LogP contribution is 2.41. The van der Waals surface area contributed by atoms with Crippen molar-refractivity contribution < 1.29 is 14.2 Å². The van der Waals surface area contributed by atoms with Crippen molar-refractivity contribution in [2.45, 2.75) is 58.0 Å². The summed E-state index contributed by atoms with van der Waals surface area (Å²) in [5.41, 5.74) is 4.29. The van der Waals surface area contributed by atoms with Crippen LogP contribution >= 0.6 is 0 Å². The molecule has 0 amide bonds. The van der Waals surface area contributed by atoms with Gasteiger partial charge in [-0.15, -0.1) is 0 Å². The molecular weight excluding hydrogens is 404 g/mol. The smallest absolute Gasteiger partial charge is 0.186 e. The van der Waals surface area contributed by atoms with Crippen molar-refractivity contribution in [1.29, 1.82) is 0 Å². The van der Waals surface area contributed by atoms with Crippen LogP contribution in [-0.2, 0) is 17.7 Å². The molecule has 4 rings (SSSR count). The molecule has 1 saturated heterocycles. The second kappa shape index (κ2) is 10.5. The van der Waals surface area contributed by atoms with E-state index in [-0.39, 0.29) is 5.43 Å². The molecule has 3 heterocycles. The Kier molecular flexibility index (Phi) is 7.53. The highest BCUT2D eigenvalue weighted by atomic mass is 16.5. The number of ether oxygens (including phenoxy) is 3. The lowest BCUT2D eigenvalue weighted by molar-refractivity contribution is 0.170. The number of aromatic nitrogens is 1. The molecule has 174 valence electrons. The number of fused-ring (bicyclic) bond motifs is 3. The van der Waals surface area contributed by atoms with Gasteiger partial charge in [0.2, 0.25) is 0 Å². The second-order valence-electron chi connectivity index (χ2n) is 8.91. The van der Waals surface area contributed by atoms with Crippen LogP contribution in [-0.4, -0.2) is 50.0 Å². The van der Waals surface area contributed by atoms with Crippen molar-refractivity contribution in [2.75, 3.05) is 40.5 Å². The van der Waals surface area contributed by atoms with E-state index in [9.17, 15) is 4.79 Å². The first-order valence-corrected chi connectivity index (χ1v) is 11.9. The van der Waals surface area contributed by atoms with Gasteiger partial charge in [0.15, 0.2) is 16.9 Å². The maximum absolute atomic E-state index is 13.1. The van der Waals surface area contributed by atoms with Crippen molar-refractivity contribution >= 4 is 0 Å². The van der Waals surface area contributed by atoms with Crippen molar-refractivity contribution in [3.8, 4) is 22.8 Å². The third-order valence-corrected chi connectivity index (χ3v) is 6.74. The first-order chi connectivity index (χ1) is 15.6. The van der Waals surface area contributed by atoms with Gasteiger partial charge in [-0.25, -0.2) is 0 Å². The van der Waals surface area contributed by atoms with E-state index in [1.807, 2.05) is 12.1 Å². The number of likely N-dealkylation sites (tertiary alicyclic amines) is 1. The van der Waals surface area contributed by atoms with Crippen LogP contribution in [0.1, 0.15) is 56.2 Å². The van der Waals surface area contributed by atoms with Gasteiger partial charge in [-0.1, -0.05) is 13.3 Å². The summed E-state index contributed by atoms with van der Waals surface area (Å²) in [6.45, 7) is 6.39. The van der Waals surface area contributed by atoms with Crippen LogP contribution in [0.5, 0.6) is 11.5 Å². The van der Waals surface area contributed by atoms with Crippen molar-refractivity contribution in [3.05, 3.63) is 45.7 Å². The quantitative estimate of drug-likeness (QED) is 0.540. The monoisotopic (exact) mass is 440 g/mol. The Balaban J connectivity index is 1.67. The van der Waals surface area contributed by atoms with Gasteiger partial charge in [-0.3, -0.25) is 9.69 Å². The number of nitrogens with zero attached hydrogens (tertiary/aromatic N) is 2. The van der Waals surface area contributed by atoms with Crippen LogP contribution in [0.2, 0.25) is 0 Å². The van der Waals surface area contributed by atoms with E-state index >= 15 is 0 Å². The molecule has 2 aromatic rings. The molecule has 1 aromatic carbocycles. The molecule has 2 aliphatic rings. The summed E-state index contributed by atoms with van der Waals surface area (Å²) in [6.07, 6.45) is 8.63. The lowest BCUT2D eigenvalue weighted by Crippen LogP contribution is -2.32. The lowest BCUT2D eigenvalue weighted by atomic mass is 9.90. The van der Waals surface area contributed by atoms with Crippen molar-refractivity contribution in [3.63, 3.8) is 0 Å². The largest absolute Gasteiger partial charge is 0.493 e. The summed E-state index contributed by atoms with van der Waals surface area (Å²) in [5, 5.41) is 0. The fourth-order valence-electron chi connectivity index (χ4n) is 4.95. The van der Waals surface area contributed by atoms with E-state index in [0.29, 0.717) is 25.0 Å². The number of methoxy groups -OCH3 is 2. The minimum Gasteiger partial charge on any atom is -0.493 e. The van der Waals surface area contributed by atoms with Gasteiger partial charge in [0.25, 0.3) is 0 Å². The number of rotatable bonds is 9. The lowest BCUT2D eigenvalue weighted by Gasteiger charge is -2.32. The number of piperidine rings is 1. The third-order valence-electron chi connectivity index (χ3n) is 6.74. The van der Waals surface area contributed by atoms with Crippen LogP contribution in [0.25, 0.3) is 11.3 Å². The van der Waals surface area contributed by atoms with E-state index in [2.05, 4.69) is 28.7 Å². The minimum atomic E-state index is 0.128. The maximum atomic E-state index is 13.1. The molecule has 2 aliphatic heterocycles. The molecule has 0 radical (unpaired) electrons. The molecule has 0 N–H and O–H groups in total. The second-order valence-corrected chi connectivity index (χ2v) is 8.91. The number of pyridine rings is 1. The molecule has 6 nitrogen and oxygen atoms in total. The van der Waals surface area contributed by atoms with E-state index in [1.54, 1.807) is 14.2 Å². The molecule has 1 atom stereocenters. The van der Waals surface area contributed by atoms with Crippen LogP contribution in [0.15, 0.2) is 29.2 Å². The molecule has 6 heteroatoms. The Hall–Kier alpha value is -2.31. The fourth-order valence-corrected chi connectivity index (χ4v) is 4.95. The Morgan fingerprint density at radius 3 is 2.56 bits per heavy atom. The zero-order valence-electron chi connectivity index (χ0n) is 19.7. The van der Waals surface area contributed by atoms with Gasteiger partial charge in [0.1, 0.15) is 0 Å².